The summed E-state index contributed by atoms with van der Waals surface area (Å²) >= 11 is 2.00. The summed E-state index contributed by atoms with van der Waals surface area (Å²) in [6.45, 7) is 22.6. The molecule has 1 radical (unpaired) electrons. The van der Waals surface area contributed by atoms with Gasteiger partial charge in [-0.05, 0) is 58.5 Å². The average Bonchev–Trinajstić information content (AvgIpc) is 3.51. The quantitative estimate of drug-likeness (QED) is 0.0658. The summed E-state index contributed by atoms with van der Waals surface area (Å²) in [5.41, 5.74) is 6.58. The van der Waals surface area contributed by atoms with Crippen LogP contribution in [0.5, 0.6) is 0 Å². The molecule has 0 amide bonds. The standard InChI is InChI=1S/C31H30NSSi.C13H24O2.Ir/c1-19(2)25-22-15-11-10-12-20(22)18-23-27(25)31(3,4)28-26-24(16-17-32-29(23)26)33-30(28)34(5,6)21-13-8-7-9-14-21;1-5-10(6-2)12(14)9-13(15)11(7-3)8-4;/h7-17,19H,1-6H3;9-11,14H,5-8H2,1-4H3;/q-1;;/b;12-9-;. The Hall–Kier alpha value is -2.89. The number of allylic oxidation sites excluding steroid dienone is 2. The number of hydrogen-bond donors (Lipinski definition) is 1. The number of fused-ring (bicyclic) bond motifs is 3. The number of hydrogen-bond acceptors (Lipinski definition) is 4. The summed E-state index contributed by atoms with van der Waals surface area (Å²) in [4.78, 5) is 16.7. The second-order valence-electron chi connectivity index (χ2n) is 14.9. The van der Waals surface area contributed by atoms with Crippen LogP contribution in [0, 0.1) is 17.9 Å². The second-order valence-corrected chi connectivity index (χ2v) is 20.7. The maximum atomic E-state index is 11.7. The van der Waals surface area contributed by atoms with Crippen molar-refractivity contribution in [1.82, 2.24) is 4.98 Å². The van der Waals surface area contributed by atoms with E-state index in [1.54, 1.807) is 4.50 Å². The fourth-order valence-corrected chi connectivity index (χ4v) is 13.0. The van der Waals surface area contributed by atoms with E-state index in [9.17, 15) is 9.90 Å². The molecule has 2 aromatic heterocycles. The number of aliphatic hydroxyl groups is 1. The van der Waals surface area contributed by atoms with Crippen LogP contribution in [0.25, 0.3) is 32.1 Å². The topological polar surface area (TPSA) is 50.2 Å². The molecule has 3 nitrogen and oxygen atoms in total. The molecule has 0 aliphatic heterocycles. The molecule has 0 unspecified atom stereocenters. The molecular formula is C44H54IrNO2SSi-. The molecule has 1 N–H and O–H groups in total. The number of ketones is 1. The van der Waals surface area contributed by atoms with Crippen molar-refractivity contribution >= 4 is 55.7 Å². The number of thiophene rings is 1. The molecule has 2 heterocycles. The molecule has 0 atom stereocenters. The van der Waals surface area contributed by atoms with E-state index in [1.165, 1.54) is 54.4 Å². The number of nitrogens with zero attached hydrogens (tertiary/aromatic N) is 1. The molecule has 3 aromatic carbocycles. The molecule has 0 bridgehead atoms. The van der Waals surface area contributed by atoms with E-state index < -0.39 is 8.07 Å². The molecule has 5 aromatic rings. The van der Waals surface area contributed by atoms with Crippen LogP contribution in [0.2, 0.25) is 13.1 Å². The Balaban J connectivity index is 0.000000301. The maximum Gasteiger partial charge on any atom is 0.162 e. The van der Waals surface area contributed by atoms with Crippen LogP contribution in [-0.4, -0.2) is 23.9 Å². The van der Waals surface area contributed by atoms with Crippen molar-refractivity contribution in [2.75, 3.05) is 0 Å². The van der Waals surface area contributed by atoms with Gasteiger partial charge in [-0.15, -0.1) is 34.4 Å². The van der Waals surface area contributed by atoms with E-state index in [-0.39, 0.29) is 48.9 Å². The van der Waals surface area contributed by atoms with Gasteiger partial charge < -0.3 is 5.11 Å². The maximum absolute atomic E-state index is 11.7. The Labute approximate surface area is 319 Å². The Kier molecular flexibility index (Phi) is 12.9. The van der Waals surface area contributed by atoms with Crippen LogP contribution in [-0.2, 0) is 30.3 Å². The third-order valence-electron chi connectivity index (χ3n) is 10.8. The van der Waals surface area contributed by atoms with E-state index in [1.807, 2.05) is 45.2 Å². The zero-order valence-electron chi connectivity index (χ0n) is 31.5. The summed E-state index contributed by atoms with van der Waals surface area (Å²) in [5.74, 6) is 0.959. The monoisotopic (exact) mass is 881 g/mol. The van der Waals surface area contributed by atoms with Crippen molar-refractivity contribution in [2.45, 2.75) is 106 Å². The van der Waals surface area contributed by atoms with Gasteiger partial charge in [-0.25, -0.2) is 0 Å². The Morgan fingerprint density at radius 3 is 2.10 bits per heavy atom. The summed E-state index contributed by atoms with van der Waals surface area (Å²) in [5, 5.41) is 15.1. The largest absolute Gasteiger partial charge is 0.512 e. The average molecular weight is 881 g/mol. The summed E-state index contributed by atoms with van der Waals surface area (Å²) in [6, 6.07) is 26.0. The molecule has 6 rings (SSSR count). The third-order valence-corrected chi connectivity index (χ3v) is 16.8. The zero-order valence-corrected chi connectivity index (χ0v) is 35.7. The molecule has 0 saturated carbocycles. The van der Waals surface area contributed by atoms with E-state index >= 15 is 0 Å². The Morgan fingerprint density at radius 1 is 0.900 bits per heavy atom. The van der Waals surface area contributed by atoms with E-state index in [4.69, 9.17) is 4.98 Å². The molecule has 6 heteroatoms. The normalized spacial score (nSPS) is 13.7. The number of aliphatic hydroxyl groups excluding tert-OH is 1. The van der Waals surface area contributed by atoms with Gasteiger partial charge in [0, 0.05) is 54.6 Å². The van der Waals surface area contributed by atoms with Crippen molar-refractivity contribution in [3.8, 4) is 11.3 Å². The summed E-state index contributed by atoms with van der Waals surface area (Å²) in [6.07, 6.45) is 6.91. The third kappa shape index (κ3) is 7.24. The van der Waals surface area contributed by atoms with Gasteiger partial charge in [0.25, 0.3) is 0 Å². The van der Waals surface area contributed by atoms with Gasteiger partial charge in [-0.1, -0.05) is 139 Å². The predicted octanol–water partition coefficient (Wildman–Crippen LogP) is 11.4. The van der Waals surface area contributed by atoms with Gasteiger partial charge >= 0.3 is 0 Å². The molecule has 1 aliphatic carbocycles. The molecule has 267 valence electrons. The van der Waals surface area contributed by atoms with Gasteiger partial charge in [0.2, 0.25) is 0 Å². The number of rotatable bonds is 10. The van der Waals surface area contributed by atoms with Crippen molar-refractivity contribution in [3.63, 3.8) is 0 Å². The number of aromatic nitrogens is 1. The van der Waals surface area contributed by atoms with Crippen molar-refractivity contribution < 1.29 is 30.0 Å². The number of carbonyl (C=O) groups is 1. The zero-order chi connectivity index (χ0) is 35.7. The minimum absolute atomic E-state index is 0. The molecule has 1 aliphatic rings. The van der Waals surface area contributed by atoms with Gasteiger partial charge in [0.15, 0.2) is 5.78 Å². The van der Waals surface area contributed by atoms with Crippen LogP contribution < -0.4 is 9.69 Å². The second kappa shape index (κ2) is 16.2. The Morgan fingerprint density at radius 2 is 1.50 bits per heavy atom. The van der Waals surface area contributed by atoms with Gasteiger partial charge in [-0.2, -0.15) is 0 Å². The van der Waals surface area contributed by atoms with Crippen LogP contribution in [0.15, 0.2) is 78.7 Å². The van der Waals surface area contributed by atoms with Gasteiger partial charge in [0.1, 0.15) is 8.07 Å². The molecular weight excluding hydrogens is 827 g/mol. The Bertz CT molecular complexity index is 1980. The minimum Gasteiger partial charge on any atom is -0.512 e. The first kappa shape index (κ1) is 39.9. The summed E-state index contributed by atoms with van der Waals surface area (Å²) in [7, 11) is -1.92. The van der Waals surface area contributed by atoms with Crippen LogP contribution in [0.1, 0.15) is 104 Å². The predicted molar refractivity (Wildman–Crippen MR) is 215 cm³/mol. The first-order valence-electron chi connectivity index (χ1n) is 18.2. The van der Waals surface area contributed by atoms with E-state index in [0.717, 1.165) is 31.4 Å². The number of carbonyl (C=O) groups excluding carboxylic acids is 1. The number of benzene rings is 3. The van der Waals surface area contributed by atoms with Crippen LogP contribution in [0.4, 0.5) is 0 Å². The molecule has 0 spiro atoms. The smallest absolute Gasteiger partial charge is 0.162 e. The number of pyridine rings is 1. The first-order valence-corrected chi connectivity index (χ1v) is 22.1. The molecule has 0 fully saturated rings. The van der Waals surface area contributed by atoms with Crippen molar-refractivity contribution in [3.05, 3.63) is 101 Å². The minimum atomic E-state index is -1.92. The van der Waals surface area contributed by atoms with E-state index in [2.05, 4.69) is 108 Å². The summed E-state index contributed by atoms with van der Waals surface area (Å²) < 4.78 is 2.94. The molecule has 50 heavy (non-hydrogen) atoms. The van der Waals surface area contributed by atoms with E-state index in [0.29, 0.717) is 5.92 Å². The van der Waals surface area contributed by atoms with Crippen LogP contribution >= 0.6 is 11.3 Å². The SMILES string of the molecule is CC(C)c1c2c([c-]c3ccccc13)-c1nccc3sc([Si](C)(C)c4ccccc4)c(c13)C2(C)C.CCC(CC)C(=O)/C=C(\O)C(CC)CC.[Ir]. The van der Waals surface area contributed by atoms with Gasteiger partial charge in [-0.3, -0.25) is 9.78 Å². The van der Waals surface area contributed by atoms with Crippen molar-refractivity contribution in [1.29, 1.82) is 0 Å². The fraction of sp³-hybridized carbons (Fsp3) is 0.409. The molecule has 0 saturated heterocycles. The van der Waals surface area contributed by atoms with Crippen LogP contribution in [0.3, 0.4) is 0 Å². The fourth-order valence-electron chi connectivity index (χ4n) is 7.88. The van der Waals surface area contributed by atoms with Crippen molar-refractivity contribution in [2.24, 2.45) is 11.8 Å². The van der Waals surface area contributed by atoms with Gasteiger partial charge in [0.05, 0.1) is 5.76 Å². The first-order chi connectivity index (χ1) is 23.3.